The van der Waals surface area contributed by atoms with Gasteiger partial charge in [-0.15, -0.1) is 11.3 Å². The molecule has 0 bridgehead atoms. The highest BCUT2D eigenvalue weighted by Crippen LogP contribution is 2.15. The number of nitrogens with two attached hydrogens (primary N) is 1. The molecule has 1 heterocycles. The van der Waals surface area contributed by atoms with Crippen molar-refractivity contribution in [1.29, 1.82) is 0 Å². The van der Waals surface area contributed by atoms with Crippen molar-refractivity contribution in [1.82, 2.24) is 5.32 Å². The zero-order chi connectivity index (χ0) is 12.8. The van der Waals surface area contributed by atoms with E-state index >= 15 is 0 Å². The van der Waals surface area contributed by atoms with Crippen LogP contribution < -0.4 is 11.1 Å². The first-order valence-electron chi connectivity index (χ1n) is 6.32. The second-order valence-corrected chi connectivity index (χ2v) is 5.43. The summed E-state index contributed by atoms with van der Waals surface area (Å²) in [5, 5.41) is 5.65. The van der Waals surface area contributed by atoms with Gasteiger partial charge in [0.15, 0.2) is 0 Å². The third-order valence-corrected chi connectivity index (χ3v) is 4.19. The SMILES string of the molecule is Cc1ccsc1CNCCc1ccccc1CN. The number of rotatable bonds is 6. The Morgan fingerprint density at radius 3 is 2.61 bits per heavy atom. The van der Waals surface area contributed by atoms with E-state index in [1.54, 1.807) is 0 Å². The topological polar surface area (TPSA) is 38.0 Å². The molecule has 0 atom stereocenters. The highest BCUT2D eigenvalue weighted by atomic mass is 32.1. The average molecular weight is 260 g/mol. The molecule has 0 spiro atoms. The maximum atomic E-state index is 5.73. The first-order chi connectivity index (χ1) is 8.81. The minimum Gasteiger partial charge on any atom is -0.326 e. The Balaban J connectivity index is 1.80. The lowest BCUT2D eigenvalue weighted by molar-refractivity contribution is 0.689. The van der Waals surface area contributed by atoms with Gasteiger partial charge in [0.05, 0.1) is 0 Å². The van der Waals surface area contributed by atoms with Crippen molar-refractivity contribution in [2.45, 2.75) is 26.4 Å². The van der Waals surface area contributed by atoms with E-state index in [1.807, 2.05) is 17.4 Å². The molecule has 0 unspecified atom stereocenters. The highest BCUT2D eigenvalue weighted by Gasteiger charge is 2.01. The van der Waals surface area contributed by atoms with Gasteiger partial charge < -0.3 is 11.1 Å². The van der Waals surface area contributed by atoms with Gasteiger partial charge in [0, 0.05) is 18.0 Å². The van der Waals surface area contributed by atoms with Crippen LogP contribution in [-0.4, -0.2) is 6.54 Å². The van der Waals surface area contributed by atoms with E-state index in [0.29, 0.717) is 6.54 Å². The molecule has 2 aromatic rings. The van der Waals surface area contributed by atoms with Gasteiger partial charge in [0.2, 0.25) is 0 Å². The Hall–Kier alpha value is -1.16. The van der Waals surface area contributed by atoms with Gasteiger partial charge in [-0.25, -0.2) is 0 Å². The molecule has 0 saturated heterocycles. The van der Waals surface area contributed by atoms with E-state index in [1.165, 1.54) is 21.6 Å². The molecule has 0 saturated carbocycles. The van der Waals surface area contributed by atoms with Crippen LogP contribution in [0.1, 0.15) is 21.6 Å². The molecule has 2 nitrogen and oxygen atoms in total. The minimum absolute atomic E-state index is 0.625. The molecule has 3 heteroatoms. The summed E-state index contributed by atoms with van der Waals surface area (Å²) in [5.74, 6) is 0. The molecule has 0 amide bonds. The predicted octanol–water partition coefficient (Wildman–Crippen LogP) is 2.85. The summed E-state index contributed by atoms with van der Waals surface area (Å²) in [5.41, 5.74) is 9.73. The molecule has 1 aromatic carbocycles. The highest BCUT2D eigenvalue weighted by molar-refractivity contribution is 7.10. The molecule has 0 aliphatic rings. The van der Waals surface area contributed by atoms with Crippen molar-refractivity contribution in [3.63, 3.8) is 0 Å². The van der Waals surface area contributed by atoms with Crippen LogP contribution >= 0.6 is 11.3 Å². The monoisotopic (exact) mass is 260 g/mol. The van der Waals surface area contributed by atoms with Crippen molar-refractivity contribution in [2.75, 3.05) is 6.54 Å². The standard InChI is InChI=1S/C15H20N2S/c1-12-7-9-18-15(12)11-17-8-6-13-4-2-3-5-14(13)10-16/h2-5,7,9,17H,6,8,10-11,16H2,1H3. The first-order valence-corrected chi connectivity index (χ1v) is 7.19. The number of nitrogens with one attached hydrogen (secondary N) is 1. The van der Waals surface area contributed by atoms with Gasteiger partial charge in [-0.2, -0.15) is 0 Å². The van der Waals surface area contributed by atoms with Gasteiger partial charge in [-0.3, -0.25) is 0 Å². The van der Waals surface area contributed by atoms with Gasteiger partial charge in [0.1, 0.15) is 0 Å². The minimum atomic E-state index is 0.625. The molecule has 0 fully saturated rings. The second-order valence-electron chi connectivity index (χ2n) is 4.43. The molecule has 18 heavy (non-hydrogen) atoms. The fourth-order valence-corrected chi connectivity index (χ4v) is 2.89. The Kier molecular flexibility index (Phi) is 4.93. The summed E-state index contributed by atoms with van der Waals surface area (Å²) in [4.78, 5) is 1.43. The molecule has 2 rings (SSSR count). The van der Waals surface area contributed by atoms with Crippen molar-refractivity contribution in [3.8, 4) is 0 Å². The van der Waals surface area contributed by atoms with Gasteiger partial charge in [-0.05, 0) is 48.0 Å². The molecule has 0 aliphatic carbocycles. The first kappa shape index (κ1) is 13.3. The molecule has 1 aromatic heterocycles. The Labute approximate surface area is 113 Å². The quantitative estimate of drug-likeness (QED) is 0.784. The molecular weight excluding hydrogens is 240 g/mol. The van der Waals surface area contributed by atoms with Gasteiger partial charge >= 0.3 is 0 Å². The molecule has 96 valence electrons. The van der Waals surface area contributed by atoms with E-state index in [4.69, 9.17) is 5.73 Å². The summed E-state index contributed by atoms with van der Waals surface area (Å²) < 4.78 is 0. The normalized spacial score (nSPS) is 10.8. The lowest BCUT2D eigenvalue weighted by Gasteiger charge is -2.08. The van der Waals surface area contributed by atoms with Crippen LogP contribution in [-0.2, 0) is 19.5 Å². The number of hydrogen-bond donors (Lipinski definition) is 2. The average Bonchev–Trinajstić information content (AvgIpc) is 2.81. The van der Waals surface area contributed by atoms with Crippen LogP contribution in [0.15, 0.2) is 35.7 Å². The van der Waals surface area contributed by atoms with Crippen molar-refractivity contribution < 1.29 is 0 Å². The largest absolute Gasteiger partial charge is 0.326 e. The molecule has 3 N–H and O–H groups in total. The van der Waals surface area contributed by atoms with Crippen LogP contribution in [0.25, 0.3) is 0 Å². The summed E-state index contributed by atoms with van der Waals surface area (Å²) in [7, 11) is 0. The second kappa shape index (κ2) is 6.69. The molecule has 0 radical (unpaired) electrons. The fourth-order valence-electron chi connectivity index (χ4n) is 2.01. The zero-order valence-electron chi connectivity index (χ0n) is 10.8. The Bertz CT molecular complexity index is 491. The zero-order valence-corrected chi connectivity index (χ0v) is 11.6. The lowest BCUT2D eigenvalue weighted by atomic mass is 10.0. The van der Waals surface area contributed by atoms with Crippen molar-refractivity contribution in [3.05, 3.63) is 57.3 Å². The number of benzene rings is 1. The van der Waals surface area contributed by atoms with E-state index in [-0.39, 0.29) is 0 Å². The number of thiophene rings is 1. The lowest BCUT2D eigenvalue weighted by Crippen LogP contribution is -2.17. The maximum absolute atomic E-state index is 5.73. The van der Waals surface area contributed by atoms with Crippen LogP contribution in [0.2, 0.25) is 0 Å². The third kappa shape index (κ3) is 3.42. The van der Waals surface area contributed by atoms with Gasteiger partial charge in [0.25, 0.3) is 0 Å². The smallest absolute Gasteiger partial charge is 0.0302 e. The van der Waals surface area contributed by atoms with E-state index in [9.17, 15) is 0 Å². The van der Waals surface area contributed by atoms with Crippen LogP contribution in [0.4, 0.5) is 0 Å². The van der Waals surface area contributed by atoms with Crippen molar-refractivity contribution >= 4 is 11.3 Å². The number of aryl methyl sites for hydroxylation is 1. The molecule has 0 aliphatic heterocycles. The van der Waals surface area contributed by atoms with E-state index < -0.39 is 0 Å². The third-order valence-electron chi connectivity index (χ3n) is 3.16. The van der Waals surface area contributed by atoms with Gasteiger partial charge in [-0.1, -0.05) is 24.3 Å². The Morgan fingerprint density at radius 1 is 1.17 bits per heavy atom. The van der Waals surface area contributed by atoms with Crippen LogP contribution in [0.3, 0.4) is 0 Å². The molecular formula is C15H20N2S. The summed E-state index contributed by atoms with van der Waals surface area (Å²) in [6.07, 6.45) is 1.04. The summed E-state index contributed by atoms with van der Waals surface area (Å²) >= 11 is 1.82. The summed E-state index contributed by atoms with van der Waals surface area (Å²) in [6, 6.07) is 10.6. The Morgan fingerprint density at radius 2 is 1.94 bits per heavy atom. The van der Waals surface area contributed by atoms with Crippen LogP contribution in [0.5, 0.6) is 0 Å². The number of hydrogen-bond acceptors (Lipinski definition) is 3. The maximum Gasteiger partial charge on any atom is 0.0302 e. The van der Waals surface area contributed by atoms with Crippen molar-refractivity contribution in [2.24, 2.45) is 5.73 Å². The predicted molar refractivity (Wildman–Crippen MR) is 78.8 cm³/mol. The van der Waals surface area contributed by atoms with E-state index in [0.717, 1.165) is 19.5 Å². The fraction of sp³-hybridized carbons (Fsp3) is 0.333. The van der Waals surface area contributed by atoms with E-state index in [2.05, 4.69) is 41.9 Å². The van der Waals surface area contributed by atoms with Crippen LogP contribution in [0, 0.1) is 6.92 Å². The summed E-state index contributed by atoms with van der Waals surface area (Å²) in [6.45, 7) is 4.75.